The second kappa shape index (κ2) is 6.35. The van der Waals surface area contributed by atoms with Crippen molar-refractivity contribution in [3.63, 3.8) is 0 Å². The van der Waals surface area contributed by atoms with Gasteiger partial charge in [-0.05, 0) is 33.6 Å². The van der Waals surface area contributed by atoms with Gasteiger partial charge in [-0.1, -0.05) is 0 Å². The molecule has 0 saturated heterocycles. The average molecular weight is 189 g/mol. The fourth-order valence-electron chi connectivity index (χ4n) is 1.31. The van der Waals surface area contributed by atoms with Crippen molar-refractivity contribution in [1.82, 2.24) is 4.90 Å². The molecule has 0 aliphatic heterocycles. The van der Waals surface area contributed by atoms with Crippen LogP contribution in [0, 0.1) is 0 Å². The highest BCUT2D eigenvalue weighted by atomic mass is 16.3. The minimum absolute atomic E-state index is 0.129. The molecule has 0 saturated carbocycles. The van der Waals surface area contributed by atoms with Gasteiger partial charge in [-0.25, -0.2) is 0 Å². The molecular formula is C10H23NO2. The van der Waals surface area contributed by atoms with E-state index in [1.807, 2.05) is 0 Å². The summed E-state index contributed by atoms with van der Waals surface area (Å²) in [6.07, 6.45) is 1.62. The Morgan fingerprint density at radius 3 is 1.54 bits per heavy atom. The normalized spacial score (nSPS) is 12.5. The lowest BCUT2D eigenvalue weighted by atomic mass is 10.1. The molecular weight excluding hydrogens is 166 g/mol. The van der Waals surface area contributed by atoms with Gasteiger partial charge in [-0.3, -0.25) is 4.90 Å². The molecule has 0 aliphatic carbocycles. The predicted octanol–water partition coefficient (Wildman–Crippen LogP) is 0.852. The van der Waals surface area contributed by atoms with Crippen LogP contribution in [0.1, 0.15) is 33.6 Å². The smallest absolute Gasteiger partial charge is 0.0443 e. The van der Waals surface area contributed by atoms with E-state index < -0.39 is 0 Å². The molecule has 0 aliphatic rings. The van der Waals surface area contributed by atoms with Crippen LogP contribution in [0.4, 0.5) is 0 Å². The van der Waals surface area contributed by atoms with E-state index in [1.165, 1.54) is 0 Å². The van der Waals surface area contributed by atoms with E-state index in [4.69, 9.17) is 10.2 Å². The van der Waals surface area contributed by atoms with Gasteiger partial charge in [0.05, 0.1) is 0 Å². The summed E-state index contributed by atoms with van der Waals surface area (Å²) in [6, 6.07) is 0. The zero-order valence-corrected chi connectivity index (χ0v) is 9.08. The van der Waals surface area contributed by atoms with Gasteiger partial charge in [0.25, 0.3) is 0 Å². The first-order chi connectivity index (χ1) is 6.02. The van der Waals surface area contributed by atoms with Crippen LogP contribution in [0.15, 0.2) is 0 Å². The maximum atomic E-state index is 8.73. The monoisotopic (exact) mass is 189 g/mol. The van der Waals surface area contributed by atoms with Crippen molar-refractivity contribution in [2.45, 2.75) is 39.2 Å². The minimum Gasteiger partial charge on any atom is -0.396 e. The molecule has 80 valence electrons. The highest BCUT2D eigenvalue weighted by Crippen LogP contribution is 2.13. The Morgan fingerprint density at radius 2 is 1.31 bits per heavy atom. The van der Waals surface area contributed by atoms with E-state index in [9.17, 15) is 0 Å². The lowest BCUT2D eigenvalue weighted by Crippen LogP contribution is -2.43. The zero-order valence-electron chi connectivity index (χ0n) is 9.08. The first-order valence-corrected chi connectivity index (χ1v) is 4.99. The van der Waals surface area contributed by atoms with Gasteiger partial charge in [-0.15, -0.1) is 0 Å². The average Bonchev–Trinajstić information content (AvgIpc) is 2.02. The highest BCUT2D eigenvalue weighted by molar-refractivity contribution is 4.75. The predicted molar refractivity (Wildman–Crippen MR) is 54.7 cm³/mol. The number of hydrogen-bond donors (Lipinski definition) is 2. The van der Waals surface area contributed by atoms with Gasteiger partial charge in [0.2, 0.25) is 0 Å². The molecule has 3 heteroatoms. The van der Waals surface area contributed by atoms with Gasteiger partial charge in [0, 0.05) is 31.8 Å². The largest absolute Gasteiger partial charge is 0.396 e. The maximum Gasteiger partial charge on any atom is 0.0443 e. The van der Waals surface area contributed by atoms with Gasteiger partial charge in [0.15, 0.2) is 0 Å². The number of hydrogen-bond acceptors (Lipinski definition) is 3. The molecule has 0 aromatic carbocycles. The number of rotatable bonds is 6. The van der Waals surface area contributed by atoms with Gasteiger partial charge >= 0.3 is 0 Å². The SMILES string of the molecule is CC(C)(C)N(CCCO)CCCO. The van der Waals surface area contributed by atoms with E-state index in [-0.39, 0.29) is 18.8 Å². The van der Waals surface area contributed by atoms with Crippen molar-refractivity contribution in [3.8, 4) is 0 Å². The Morgan fingerprint density at radius 1 is 0.923 bits per heavy atom. The molecule has 0 spiro atoms. The van der Waals surface area contributed by atoms with Crippen LogP contribution >= 0.6 is 0 Å². The summed E-state index contributed by atoms with van der Waals surface area (Å²) >= 11 is 0. The van der Waals surface area contributed by atoms with Crippen molar-refractivity contribution in [1.29, 1.82) is 0 Å². The molecule has 0 fully saturated rings. The van der Waals surface area contributed by atoms with Crippen LogP contribution in [-0.4, -0.2) is 47.0 Å². The number of aliphatic hydroxyl groups is 2. The fourth-order valence-corrected chi connectivity index (χ4v) is 1.31. The molecule has 0 heterocycles. The quantitative estimate of drug-likeness (QED) is 0.651. The first kappa shape index (κ1) is 12.9. The van der Waals surface area contributed by atoms with Crippen LogP contribution in [0.5, 0.6) is 0 Å². The number of aliphatic hydroxyl groups excluding tert-OH is 2. The van der Waals surface area contributed by atoms with Crippen LogP contribution in [0.3, 0.4) is 0 Å². The lowest BCUT2D eigenvalue weighted by Gasteiger charge is -2.35. The van der Waals surface area contributed by atoms with Crippen LogP contribution < -0.4 is 0 Å². The Bertz CT molecular complexity index is 113. The van der Waals surface area contributed by atoms with Crippen molar-refractivity contribution < 1.29 is 10.2 Å². The van der Waals surface area contributed by atoms with Crippen LogP contribution in [0.25, 0.3) is 0 Å². The molecule has 0 radical (unpaired) electrons. The van der Waals surface area contributed by atoms with Crippen LogP contribution in [0.2, 0.25) is 0 Å². The topological polar surface area (TPSA) is 43.7 Å². The second-order valence-electron chi connectivity index (χ2n) is 4.31. The van der Waals surface area contributed by atoms with Crippen molar-refractivity contribution >= 4 is 0 Å². The summed E-state index contributed by atoms with van der Waals surface area (Å²) in [5.41, 5.74) is 0.129. The Labute approximate surface area is 81.4 Å². The molecule has 3 nitrogen and oxygen atoms in total. The summed E-state index contributed by atoms with van der Waals surface area (Å²) in [4.78, 5) is 2.29. The molecule has 13 heavy (non-hydrogen) atoms. The fraction of sp³-hybridized carbons (Fsp3) is 1.00. The molecule has 0 bridgehead atoms. The van der Waals surface area contributed by atoms with Crippen molar-refractivity contribution in [3.05, 3.63) is 0 Å². The lowest BCUT2D eigenvalue weighted by molar-refractivity contribution is 0.113. The van der Waals surface area contributed by atoms with Crippen molar-refractivity contribution in [2.75, 3.05) is 26.3 Å². The third kappa shape index (κ3) is 6.02. The Balaban J connectivity index is 3.88. The number of nitrogens with zero attached hydrogens (tertiary/aromatic N) is 1. The molecule has 0 aromatic rings. The summed E-state index contributed by atoms with van der Waals surface area (Å²) < 4.78 is 0. The molecule has 2 N–H and O–H groups in total. The second-order valence-corrected chi connectivity index (χ2v) is 4.31. The third-order valence-corrected chi connectivity index (χ3v) is 2.12. The zero-order chi connectivity index (χ0) is 10.3. The Hall–Kier alpha value is -0.120. The molecule has 0 atom stereocenters. The van der Waals surface area contributed by atoms with Crippen LogP contribution in [-0.2, 0) is 0 Å². The highest BCUT2D eigenvalue weighted by Gasteiger charge is 2.19. The summed E-state index contributed by atoms with van der Waals surface area (Å²) in [5, 5.41) is 17.5. The summed E-state index contributed by atoms with van der Waals surface area (Å²) in [7, 11) is 0. The standard InChI is InChI=1S/C10H23NO2/c1-10(2,3)11(6-4-8-12)7-5-9-13/h12-13H,4-9H2,1-3H3. The molecule has 0 amide bonds. The van der Waals surface area contributed by atoms with E-state index >= 15 is 0 Å². The first-order valence-electron chi connectivity index (χ1n) is 4.99. The van der Waals surface area contributed by atoms with Crippen molar-refractivity contribution in [2.24, 2.45) is 0 Å². The van der Waals surface area contributed by atoms with Gasteiger partial charge in [0.1, 0.15) is 0 Å². The molecule has 0 aromatic heterocycles. The van der Waals surface area contributed by atoms with Gasteiger partial charge < -0.3 is 10.2 Å². The maximum absolute atomic E-state index is 8.73. The van der Waals surface area contributed by atoms with E-state index in [1.54, 1.807) is 0 Å². The minimum atomic E-state index is 0.129. The van der Waals surface area contributed by atoms with E-state index in [2.05, 4.69) is 25.7 Å². The molecule has 0 rings (SSSR count). The molecule has 0 unspecified atom stereocenters. The van der Waals surface area contributed by atoms with E-state index in [0.29, 0.717) is 0 Å². The Kier molecular flexibility index (Phi) is 6.29. The summed E-state index contributed by atoms with van der Waals surface area (Å²) in [6.45, 7) is 8.75. The summed E-state index contributed by atoms with van der Waals surface area (Å²) in [5.74, 6) is 0. The van der Waals surface area contributed by atoms with E-state index in [0.717, 1.165) is 25.9 Å². The third-order valence-electron chi connectivity index (χ3n) is 2.12. The van der Waals surface area contributed by atoms with Gasteiger partial charge in [-0.2, -0.15) is 0 Å².